The first-order chi connectivity index (χ1) is 21.3. The highest BCUT2D eigenvalue weighted by atomic mass is 32.5. The number of aromatic amines is 1. The Morgan fingerprint density at radius 2 is 1.53 bits per heavy atom. The van der Waals surface area contributed by atoms with Gasteiger partial charge in [-0.15, -0.1) is 0 Å². The van der Waals surface area contributed by atoms with Crippen molar-refractivity contribution in [3.8, 4) is 0 Å². The second-order valence-electron chi connectivity index (χ2n) is 10.3. The van der Waals surface area contributed by atoms with Gasteiger partial charge >= 0.3 is 13.4 Å². The number of nitrogen functional groups attached to an aromatic ring is 2. The van der Waals surface area contributed by atoms with Crippen molar-refractivity contribution < 1.29 is 41.7 Å². The van der Waals surface area contributed by atoms with E-state index >= 15 is 4.39 Å². The number of alkyl halides is 1. The van der Waals surface area contributed by atoms with Crippen LogP contribution in [-0.4, -0.2) is 93.7 Å². The van der Waals surface area contributed by atoms with E-state index in [-0.39, 0.29) is 17.1 Å². The van der Waals surface area contributed by atoms with Crippen LogP contribution >= 0.6 is 13.4 Å². The minimum absolute atomic E-state index is 0.0599. The molecule has 24 heteroatoms. The molecule has 4 aromatic heterocycles. The lowest BCUT2D eigenvalue weighted by Gasteiger charge is -2.28. The average Bonchev–Trinajstić information content (AvgIpc) is 3.72. The maximum Gasteiger partial charge on any atom is 0.325 e. The lowest BCUT2D eigenvalue weighted by atomic mass is 10.1. The van der Waals surface area contributed by atoms with Crippen molar-refractivity contribution in [2.24, 2.45) is 5.73 Å². The van der Waals surface area contributed by atoms with Gasteiger partial charge in [-0.05, 0) is 29.7 Å². The number of nitrogens with one attached hydrogen (secondary N) is 1. The molecule has 7 heterocycles. The molecule has 4 bridgehead atoms. The molecule has 4 aromatic rings. The zero-order chi connectivity index (χ0) is 31.8. The molecule has 19 nitrogen and oxygen atoms in total. The number of rotatable bonds is 2. The van der Waals surface area contributed by atoms with Crippen LogP contribution in [0, 0.1) is 0 Å². The van der Waals surface area contributed by atoms with Crippen molar-refractivity contribution >= 4 is 71.0 Å². The molecule has 3 saturated heterocycles. The molecule has 9 N–H and O–H groups in total. The van der Waals surface area contributed by atoms with E-state index in [9.17, 15) is 14.6 Å². The Balaban J connectivity index is 1.23. The van der Waals surface area contributed by atoms with Crippen LogP contribution in [0.2, 0.25) is 0 Å². The van der Waals surface area contributed by atoms with E-state index in [1.807, 2.05) is 0 Å². The summed E-state index contributed by atoms with van der Waals surface area (Å²) in [6, 6.07) is 0.549. The summed E-state index contributed by atoms with van der Waals surface area (Å²) in [5.41, 5.74) is 18.4. The van der Waals surface area contributed by atoms with E-state index in [1.54, 1.807) is 6.07 Å². The standard InChI is InChI=1S/C21H25FN10O9P2S2/c22-10-8-3-36-43(35,45)41-15-11(24)9(39-20(15)31-5-27-12-7(23)1-2-26-16(12)31)4-37-42(34,44)40-14(10)19(38-8)32-6-28-13-17(32)29-21(25)30-18(13)33/h1-2,5-6,8-11,14-15,19-20H,3-4,24H2,(H2,23,26)(H,34,44)(H,35,45)(H3,25,29,30,33)/t8-,9-,10-,11-,14-,15-,19-,20-,42?,43?/m1/s1. The lowest BCUT2D eigenvalue weighted by molar-refractivity contribution is -0.0606. The van der Waals surface area contributed by atoms with Gasteiger partial charge in [0.1, 0.15) is 29.9 Å². The van der Waals surface area contributed by atoms with Crippen molar-refractivity contribution in [3.63, 3.8) is 0 Å². The lowest BCUT2D eigenvalue weighted by Crippen LogP contribution is -2.43. The summed E-state index contributed by atoms with van der Waals surface area (Å²) in [6.07, 6.45) is -5.75. The highest BCUT2D eigenvalue weighted by molar-refractivity contribution is 8.07. The van der Waals surface area contributed by atoms with Gasteiger partial charge in [-0.1, -0.05) is 0 Å². The molecule has 7 rings (SSSR count). The van der Waals surface area contributed by atoms with Crippen LogP contribution in [-0.2, 0) is 51.2 Å². The highest BCUT2D eigenvalue weighted by Gasteiger charge is 2.52. The Labute approximate surface area is 261 Å². The molecule has 3 aliphatic rings. The number of imidazole rings is 2. The summed E-state index contributed by atoms with van der Waals surface area (Å²) < 4.78 is 53.3. The second kappa shape index (κ2) is 11.3. The monoisotopic (exact) mass is 706 g/mol. The zero-order valence-electron chi connectivity index (χ0n) is 22.6. The number of anilines is 2. The van der Waals surface area contributed by atoms with Crippen LogP contribution in [0.15, 0.2) is 29.7 Å². The molecule has 0 spiro atoms. The van der Waals surface area contributed by atoms with Crippen molar-refractivity contribution in [2.75, 3.05) is 24.7 Å². The van der Waals surface area contributed by atoms with Gasteiger partial charge in [-0.3, -0.25) is 28.0 Å². The van der Waals surface area contributed by atoms with E-state index in [4.69, 9.17) is 68.4 Å². The molecular formula is C21H25FN10O9P2S2. The van der Waals surface area contributed by atoms with Crippen LogP contribution in [0.25, 0.3) is 22.3 Å². The normalized spacial score (nSPS) is 37.7. The highest BCUT2D eigenvalue weighted by Crippen LogP contribution is 2.54. The minimum Gasteiger partial charge on any atom is -0.397 e. The van der Waals surface area contributed by atoms with E-state index in [2.05, 4.69) is 24.9 Å². The summed E-state index contributed by atoms with van der Waals surface area (Å²) in [6.45, 7) is -9.47. The molecule has 10 atom stereocenters. The van der Waals surface area contributed by atoms with Crippen LogP contribution in [0.1, 0.15) is 12.5 Å². The van der Waals surface area contributed by atoms with Gasteiger partial charge in [0, 0.05) is 6.20 Å². The Bertz CT molecular complexity index is 1950. The molecule has 242 valence electrons. The topological polar surface area (TPSA) is 268 Å². The molecule has 0 aliphatic carbocycles. The summed E-state index contributed by atoms with van der Waals surface area (Å²) in [5, 5.41) is 0. The number of nitrogens with zero attached hydrogens (tertiary/aromatic N) is 6. The van der Waals surface area contributed by atoms with Crippen molar-refractivity contribution in [2.45, 2.75) is 49.1 Å². The molecule has 2 unspecified atom stereocenters. The van der Waals surface area contributed by atoms with Crippen LogP contribution < -0.4 is 22.8 Å². The van der Waals surface area contributed by atoms with Crippen LogP contribution in [0.4, 0.5) is 16.0 Å². The maximum absolute atomic E-state index is 16.0. The first-order valence-electron chi connectivity index (χ1n) is 13.1. The number of aromatic nitrogens is 7. The number of hydrogen-bond acceptors (Lipinski definition) is 16. The van der Waals surface area contributed by atoms with Gasteiger partial charge in [0.15, 0.2) is 35.4 Å². The zero-order valence-corrected chi connectivity index (χ0v) is 26.0. The molecule has 3 aliphatic heterocycles. The number of fused-ring (bicyclic) bond motifs is 6. The SMILES string of the molecule is Nc1nc2c(ncn2[C@@H]2O[C@@H]3COP(O)(=S)O[C@@H]4[C@H](N)[C@@H](COP(O)(=S)O[C@@H]2[C@@H]3F)O[C@H]4n2cnc3c(N)ccnc32)c(=O)[nH]1. The third-order valence-corrected chi connectivity index (χ3v) is 10.6. The van der Waals surface area contributed by atoms with Gasteiger partial charge in [-0.2, -0.15) is 4.98 Å². The maximum atomic E-state index is 16.0. The molecule has 0 saturated carbocycles. The largest absolute Gasteiger partial charge is 0.397 e. The molecule has 0 aromatic carbocycles. The van der Waals surface area contributed by atoms with Gasteiger partial charge in [0.05, 0.1) is 37.6 Å². The first kappa shape index (κ1) is 31.1. The van der Waals surface area contributed by atoms with Crippen LogP contribution in [0.5, 0.6) is 0 Å². The Hall–Kier alpha value is -2.56. The number of H-pyrrole nitrogens is 1. The van der Waals surface area contributed by atoms with Gasteiger partial charge < -0.3 is 45.5 Å². The van der Waals surface area contributed by atoms with E-state index < -0.39 is 81.3 Å². The number of hydrogen-bond donors (Lipinski definition) is 6. The molecule has 0 amide bonds. The third kappa shape index (κ3) is 5.58. The third-order valence-electron chi connectivity index (χ3n) is 7.47. The predicted octanol–water partition coefficient (Wildman–Crippen LogP) is -0.560. The molecular weight excluding hydrogens is 681 g/mol. The van der Waals surface area contributed by atoms with Gasteiger partial charge in [0.25, 0.3) is 5.56 Å². The van der Waals surface area contributed by atoms with E-state index in [0.29, 0.717) is 16.9 Å². The molecule has 0 radical (unpaired) electrons. The van der Waals surface area contributed by atoms with Gasteiger partial charge in [-0.25, -0.2) is 19.3 Å². The van der Waals surface area contributed by atoms with Crippen molar-refractivity contribution in [1.29, 1.82) is 0 Å². The summed E-state index contributed by atoms with van der Waals surface area (Å²) >= 11 is 10.5. The minimum atomic E-state index is -4.24. The quantitative estimate of drug-likeness (QED) is 0.143. The number of nitrogens with two attached hydrogens (primary N) is 3. The smallest absolute Gasteiger partial charge is 0.325 e. The molecule has 45 heavy (non-hydrogen) atoms. The number of ether oxygens (including phenoxy) is 2. The number of halogens is 1. The fraction of sp³-hybridized carbons (Fsp3) is 0.476. The predicted molar refractivity (Wildman–Crippen MR) is 160 cm³/mol. The second-order valence-corrected chi connectivity index (χ2v) is 15.9. The van der Waals surface area contributed by atoms with Crippen LogP contribution in [0.3, 0.4) is 0 Å². The number of pyridine rings is 1. The van der Waals surface area contributed by atoms with Crippen molar-refractivity contribution in [3.05, 3.63) is 35.3 Å². The first-order valence-corrected chi connectivity index (χ1v) is 18.3. The van der Waals surface area contributed by atoms with E-state index in [0.717, 1.165) is 6.33 Å². The summed E-state index contributed by atoms with van der Waals surface area (Å²) in [5.74, 6) is -0.235. The van der Waals surface area contributed by atoms with Crippen molar-refractivity contribution in [1.82, 2.24) is 34.1 Å². The summed E-state index contributed by atoms with van der Waals surface area (Å²) in [4.78, 5) is 53.4. The summed E-state index contributed by atoms with van der Waals surface area (Å²) in [7, 11) is 0. The Morgan fingerprint density at radius 3 is 2.27 bits per heavy atom. The van der Waals surface area contributed by atoms with Gasteiger partial charge in [0.2, 0.25) is 5.95 Å². The fourth-order valence-electron chi connectivity index (χ4n) is 5.38. The Kier molecular flexibility index (Phi) is 7.80. The average molecular weight is 707 g/mol. The Morgan fingerprint density at radius 1 is 0.933 bits per heavy atom. The molecule has 3 fully saturated rings. The fourth-order valence-corrected chi connectivity index (χ4v) is 8.22. The van der Waals surface area contributed by atoms with E-state index in [1.165, 1.54) is 21.7 Å².